The lowest BCUT2D eigenvalue weighted by molar-refractivity contribution is -0.117. The van der Waals surface area contributed by atoms with Crippen molar-refractivity contribution >= 4 is 34.8 Å². The SMILES string of the molecule is NC1(CC(=O)Nc2cc(Cl)cc(Cl)c2)CCCCC1. The number of carbonyl (C=O) groups is 1. The van der Waals surface area contributed by atoms with Crippen molar-refractivity contribution in [3.05, 3.63) is 28.2 Å². The molecular weight excluding hydrogens is 283 g/mol. The van der Waals surface area contributed by atoms with Crippen LogP contribution in [0.5, 0.6) is 0 Å². The van der Waals surface area contributed by atoms with E-state index in [0.717, 1.165) is 25.7 Å². The molecule has 1 aliphatic rings. The van der Waals surface area contributed by atoms with Gasteiger partial charge in [0.25, 0.3) is 0 Å². The van der Waals surface area contributed by atoms with Crippen molar-refractivity contribution in [1.82, 2.24) is 0 Å². The quantitative estimate of drug-likeness (QED) is 0.887. The molecule has 1 aromatic carbocycles. The van der Waals surface area contributed by atoms with Crippen LogP contribution in [0.4, 0.5) is 5.69 Å². The number of anilines is 1. The zero-order chi connectivity index (χ0) is 13.9. The molecule has 0 saturated heterocycles. The summed E-state index contributed by atoms with van der Waals surface area (Å²) in [6, 6.07) is 4.98. The van der Waals surface area contributed by atoms with E-state index in [1.54, 1.807) is 18.2 Å². The van der Waals surface area contributed by atoms with Crippen LogP contribution in [-0.2, 0) is 4.79 Å². The summed E-state index contributed by atoms with van der Waals surface area (Å²) in [6.07, 6.45) is 5.59. The lowest BCUT2D eigenvalue weighted by Gasteiger charge is -2.32. The molecule has 1 amide bonds. The standard InChI is InChI=1S/C14H18Cl2N2O/c15-10-6-11(16)8-12(7-10)18-13(19)9-14(17)4-2-1-3-5-14/h6-8H,1-5,9,17H2,(H,18,19). The van der Waals surface area contributed by atoms with E-state index in [1.807, 2.05) is 0 Å². The smallest absolute Gasteiger partial charge is 0.226 e. The van der Waals surface area contributed by atoms with Crippen LogP contribution in [0.3, 0.4) is 0 Å². The summed E-state index contributed by atoms with van der Waals surface area (Å²) >= 11 is 11.8. The molecule has 2 rings (SSSR count). The van der Waals surface area contributed by atoms with E-state index in [-0.39, 0.29) is 11.4 Å². The van der Waals surface area contributed by atoms with Gasteiger partial charge in [0.2, 0.25) is 5.91 Å². The van der Waals surface area contributed by atoms with E-state index in [0.29, 0.717) is 22.2 Å². The molecule has 3 nitrogen and oxygen atoms in total. The third kappa shape index (κ3) is 4.37. The van der Waals surface area contributed by atoms with Crippen LogP contribution in [0, 0.1) is 0 Å². The first-order valence-electron chi connectivity index (χ1n) is 6.52. The summed E-state index contributed by atoms with van der Waals surface area (Å²) in [4.78, 5) is 12.0. The molecule has 0 aromatic heterocycles. The molecule has 104 valence electrons. The highest BCUT2D eigenvalue weighted by molar-refractivity contribution is 6.35. The Balaban J connectivity index is 1.97. The zero-order valence-corrected chi connectivity index (χ0v) is 12.2. The molecule has 1 saturated carbocycles. The Hall–Kier alpha value is -0.770. The van der Waals surface area contributed by atoms with E-state index in [4.69, 9.17) is 28.9 Å². The minimum Gasteiger partial charge on any atom is -0.326 e. The van der Waals surface area contributed by atoms with Crippen molar-refractivity contribution in [3.63, 3.8) is 0 Å². The van der Waals surface area contributed by atoms with Crippen molar-refractivity contribution in [3.8, 4) is 0 Å². The fourth-order valence-electron chi connectivity index (χ4n) is 2.58. The molecule has 5 heteroatoms. The third-order valence-corrected chi connectivity index (χ3v) is 3.94. The van der Waals surface area contributed by atoms with Crippen LogP contribution in [0.25, 0.3) is 0 Å². The lowest BCUT2D eigenvalue weighted by Crippen LogP contribution is -2.44. The largest absolute Gasteiger partial charge is 0.326 e. The maximum Gasteiger partial charge on any atom is 0.226 e. The molecule has 0 spiro atoms. The first kappa shape index (κ1) is 14.6. The Morgan fingerprint density at radius 2 is 1.74 bits per heavy atom. The van der Waals surface area contributed by atoms with E-state index < -0.39 is 0 Å². The molecule has 0 radical (unpaired) electrons. The number of amides is 1. The molecule has 3 N–H and O–H groups in total. The van der Waals surface area contributed by atoms with Gasteiger partial charge in [-0.1, -0.05) is 42.5 Å². The predicted octanol–water partition coefficient (Wildman–Crippen LogP) is 3.98. The van der Waals surface area contributed by atoms with Gasteiger partial charge in [-0.15, -0.1) is 0 Å². The number of nitrogens with two attached hydrogens (primary N) is 1. The summed E-state index contributed by atoms with van der Waals surface area (Å²) in [6.45, 7) is 0. The Morgan fingerprint density at radius 3 is 2.32 bits per heavy atom. The van der Waals surface area contributed by atoms with Gasteiger partial charge in [-0.3, -0.25) is 4.79 Å². The van der Waals surface area contributed by atoms with Crippen LogP contribution < -0.4 is 11.1 Å². The van der Waals surface area contributed by atoms with E-state index in [1.165, 1.54) is 6.42 Å². The Kier molecular flexibility index (Phi) is 4.71. The topological polar surface area (TPSA) is 55.1 Å². The van der Waals surface area contributed by atoms with Gasteiger partial charge in [-0.05, 0) is 31.0 Å². The van der Waals surface area contributed by atoms with Crippen LogP contribution >= 0.6 is 23.2 Å². The van der Waals surface area contributed by atoms with Gasteiger partial charge in [-0.2, -0.15) is 0 Å². The van der Waals surface area contributed by atoms with Crippen LogP contribution in [0.15, 0.2) is 18.2 Å². The minimum absolute atomic E-state index is 0.0808. The van der Waals surface area contributed by atoms with Gasteiger partial charge >= 0.3 is 0 Å². The van der Waals surface area contributed by atoms with Gasteiger partial charge < -0.3 is 11.1 Å². The predicted molar refractivity (Wildman–Crippen MR) is 79.7 cm³/mol. The average molecular weight is 301 g/mol. The van der Waals surface area contributed by atoms with Crippen LogP contribution in [-0.4, -0.2) is 11.4 Å². The van der Waals surface area contributed by atoms with Gasteiger partial charge in [0, 0.05) is 27.7 Å². The van der Waals surface area contributed by atoms with Crippen molar-refractivity contribution in [1.29, 1.82) is 0 Å². The summed E-state index contributed by atoms with van der Waals surface area (Å²) < 4.78 is 0. The maximum atomic E-state index is 12.0. The summed E-state index contributed by atoms with van der Waals surface area (Å²) in [5.41, 5.74) is 6.52. The van der Waals surface area contributed by atoms with Crippen molar-refractivity contribution in [2.24, 2.45) is 5.73 Å². The van der Waals surface area contributed by atoms with Crippen LogP contribution in [0.2, 0.25) is 10.0 Å². The number of carbonyl (C=O) groups excluding carboxylic acids is 1. The number of benzene rings is 1. The highest BCUT2D eigenvalue weighted by Crippen LogP contribution is 2.29. The number of nitrogens with one attached hydrogen (secondary N) is 1. The van der Waals surface area contributed by atoms with E-state index in [2.05, 4.69) is 5.32 Å². The number of halogens is 2. The minimum atomic E-state index is -0.356. The zero-order valence-electron chi connectivity index (χ0n) is 10.7. The van der Waals surface area contributed by atoms with Gasteiger partial charge in [0.1, 0.15) is 0 Å². The molecule has 0 aliphatic heterocycles. The highest BCUT2D eigenvalue weighted by Gasteiger charge is 2.29. The Bertz CT molecular complexity index is 450. The molecule has 1 aromatic rings. The molecule has 0 atom stereocenters. The number of rotatable bonds is 3. The van der Waals surface area contributed by atoms with Crippen molar-refractivity contribution in [2.75, 3.05) is 5.32 Å². The lowest BCUT2D eigenvalue weighted by atomic mass is 9.80. The second kappa shape index (κ2) is 6.12. The van der Waals surface area contributed by atoms with Gasteiger partial charge in [0.05, 0.1) is 0 Å². The fourth-order valence-corrected chi connectivity index (χ4v) is 3.11. The second-order valence-corrected chi connectivity index (χ2v) is 6.18. The summed E-state index contributed by atoms with van der Waals surface area (Å²) in [5.74, 6) is -0.0808. The Morgan fingerprint density at radius 1 is 1.16 bits per heavy atom. The van der Waals surface area contributed by atoms with Crippen molar-refractivity contribution < 1.29 is 4.79 Å². The molecule has 0 bridgehead atoms. The molecular formula is C14H18Cl2N2O. The first-order chi connectivity index (χ1) is 8.97. The van der Waals surface area contributed by atoms with E-state index in [9.17, 15) is 4.79 Å². The number of hydrogen-bond donors (Lipinski definition) is 2. The molecule has 1 fully saturated rings. The normalized spacial score (nSPS) is 18.1. The first-order valence-corrected chi connectivity index (χ1v) is 7.27. The summed E-state index contributed by atoms with van der Waals surface area (Å²) in [5, 5.41) is 3.81. The molecule has 0 unspecified atom stereocenters. The second-order valence-electron chi connectivity index (χ2n) is 5.31. The molecule has 19 heavy (non-hydrogen) atoms. The Labute approximate surface area is 123 Å². The molecule has 1 aliphatic carbocycles. The van der Waals surface area contributed by atoms with E-state index >= 15 is 0 Å². The van der Waals surface area contributed by atoms with Crippen LogP contribution in [0.1, 0.15) is 38.5 Å². The highest BCUT2D eigenvalue weighted by atomic mass is 35.5. The summed E-state index contributed by atoms with van der Waals surface area (Å²) in [7, 11) is 0. The molecule has 0 heterocycles. The van der Waals surface area contributed by atoms with Crippen molar-refractivity contribution in [2.45, 2.75) is 44.1 Å². The number of hydrogen-bond acceptors (Lipinski definition) is 2. The monoisotopic (exact) mass is 300 g/mol. The maximum absolute atomic E-state index is 12.0. The fraction of sp³-hybridized carbons (Fsp3) is 0.500. The third-order valence-electron chi connectivity index (χ3n) is 3.51. The van der Waals surface area contributed by atoms with Gasteiger partial charge in [-0.25, -0.2) is 0 Å². The van der Waals surface area contributed by atoms with Gasteiger partial charge in [0.15, 0.2) is 0 Å². The average Bonchev–Trinajstić information content (AvgIpc) is 2.27.